The van der Waals surface area contributed by atoms with Crippen LogP contribution in [0.2, 0.25) is 0 Å². The van der Waals surface area contributed by atoms with Gasteiger partial charge in [-0.15, -0.1) is 0 Å². The zero-order valence-electron chi connectivity index (χ0n) is 10.2. The highest BCUT2D eigenvalue weighted by Crippen LogP contribution is 2.09. The van der Waals surface area contributed by atoms with Gasteiger partial charge in [-0.1, -0.05) is 13.3 Å². The van der Waals surface area contributed by atoms with Crippen LogP contribution in [-0.2, 0) is 9.53 Å². The van der Waals surface area contributed by atoms with E-state index in [9.17, 15) is 4.79 Å². The maximum absolute atomic E-state index is 11.7. The number of hydrogen-bond donors (Lipinski definition) is 2. The molecule has 0 spiro atoms. The molecular weight excluding hydrogens is 210 g/mol. The molecular formula is C11H23NO4. The predicted octanol–water partition coefficient (Wildman–Crippen LogP) is 0.00480. The van der Waals surface area contributed by atoms with Crippen molar-refractivity contribution in [2.75, 3.05) is 32.9 Å². The van der Waals surface area contributed by atoms with E-state index in [1.165, 1.54) is 0 Å². The minimum Gasteiger partial charge on any atom is -0.465 e. The van der Waals surface area contributed by atoms with Gasteiger partial charge >= 0.3 is 5.97 Å². The smallest absolute Gasteiger partial charge is 0.323 e. The number of esters is 1. The van der Waals surface area contributed by atoms with Crippen LogP contribution in [0.15, 0.2) is 0 Å². The van der Waals surface area contributed by atoms with Crippen LogP contribution in [0.25, 0.3) is 0 Å². The molecule has 0 amide bonds. The summed E-state index contributed by atoms with van der Waals surface area (Å²) in [7, 11) is 0. The van der Waals surface area contributed by atoms with Gasteiger partial charge in [-0.2, -0.15) is 0 Å². The molecule has 1 unspecified atom stereocenters. The second-order valence-electron chi connectivity index (χ2n) is 3.54. The number of carbonyl (C=O) groups excluding carboxylic acids is 1. The van der Waals surface area contributed by atoms with E-state index in [4.69, 9.17) is 14.9 Å². The summed E-state index contributed by atoms with van der Waals surface area (Å²) in [5.74, 6) is -0.272. The van der Waals surface area contributed by atoms with E-state index >= 15 is 0 Å². The summed E-state index contributed by atoms with van der Waals surface area (Å²) in [5.41, 5.74) is 0. The van der Waals surface area contributed by atoms with Crippen LogP contribution in [-0.4, -0.2) is 60.0 Å². The maximum atomic E-state index is 11.7. The molecule has 0 aromatic carbocycles. The minimum atomic E-state index is -0.357. The molecule has 0 saturated carbocycles. The predicted molar refractivity (Wildman–Crippen MR) is 61.1 cm³/mol. The average Bonchev–Trinajstić information content (AvgIpc) is 2.26. The van der Waals surface area contributed by atoms with Crippen molar-refractivity contribution >= 4 is 5.97 Å². The molecule has 0 saturated heterocycles. The molecule has 5 nitrogen and oxygen atoms in total. The summed E-state index contributed by atoms with van der Waals surface area (Å²) < 4.78 is 4.99. The fourth-order valence-corrected chi connectivity index (χ4v) is 1.64. The summed E-state index contributed by atoms with van der Waals surface area (Å²) in [4.78, 5) is 13.5. The number of ether oxygens (including phenoxy) is 1. The highest BCUT2D eigenvalue weighted by atomic mass is 16.5. The van der Waals surface area contributed by atoms with E-state index < -0.39 is 0 Å². The number of aliphatic hydroxyl groups is 2. The highest BCUT2D eigenvalue weighted by molar-refractivity contribution is 5.75. The molecule has 1 atom stereocenters. The lowest BCUT2D eigenvalue weighted by atomic mass is 10.1. The van der Waals surface area contributed by atoms with Gasteiger partial charge in [-0.3, -0.25) is 9.69 Å². The lowest BCUT2D eigenvalue weighted by Crippen LogP contribution is -2.45. The van der Waals surface area contributed by atoms with Crippen LogP contribution in [0, 0.1) is 0 Å². The molecule has 0 aliphatic rings. The standard InChI is InChI=1S/C11H23NO4/c1-3-5-10(11(15)16-4-2)12(6-8-13)7-9-14/h10,13-14H,3-9H2,1-2H3. The third-order valence-corrected chi connectivity index (χ3v) is 2.34. The third kappa shape index (κ3) is 5.44. The van der Waals surface area contributed by atoms with Crippen molar-refractivity contribution in [3.05, 3.63) is 0 Å². The van der Waals surface area contributed by atoms with E-state index in [-0.39, 0.29) is 25.2 Å². The van der Waals surface area contributed by atoms with Gasteiger partial charge in [0.15, 0.2) is 0 Å². The molecule has 0 aromatic heterocycles. The van der Waals surface area contributed by atoms with Gasteiger partial charge in [-0.25, -0.2) is 0 Å². The van der Waals surface area contributed by atoms with Crippen LogP contribution in [0.3, 0.4) is 0 Å². The topological polar surface area (TPSA) is 70.0 Å². The second kappa shape index (κ2) is 9.57. The van der Waals surface area contributed by atoms with Gasteiger partial charge in [0, 0.05) is 13.1 Å². The Labute approximate surface area is 97.0 Å². The third-order valence-electron chi connectivity index (χ3n) is 2.34. The fourth-order valence-electron chi connectivity index (χ4n) is 1.64. The lowest BCUT2D eigenvalue weighted by molar-refractivity contribution is -0.150. The SMILES string of the molecule is CCCC(C(=O)OCC)N(CCO)CCO. The van der Waals surface area contributed by atoms with Gasteiger partial charge < -0.3 is 14.9 Å². The van der Waals surface area contributed by atoms with Crippen LogP contribution < -0.4 is 0 Å². The number of nitrogens with zero attached hydrogens (tertiary/aromatic N) is 1. The Bertz CT molecular complexity index is 181. The largest absolute Gasteiger partial charge is 0.465 e. The van der Waals surface area contributed by atoms with Crippen LogP contribution in [0.1, 0.15) is 26.7 Å². The quantitative estimate of drug-likeness (QED) is 0.549. The molecule has 5 heteroatoms. The number of carbonyl (C=O) groups is 1. The molecule has 0 fully saturated rings. The first kappa shape index (κ1) is 15.3. The molecule has 0 aliphatic heterocycles. The highest BCUT2D eigenvalue weighted by Gasteiger charge is 2.25. The fraction of sp³-hybridized carbons (Fsp3) is 0.909. The van der Waals surface area contributed by atoms with Gasteiger partial charge in [0.2, 0.25) is 0 Å². The zero-order valence-corrected chi connectivity index (χ0v) is 10.2. The molecule has 96 valence electrons. The van der Waals surface area contributed by atoms with E-state index in [2.05, 4.69) is 0 Å². The van der Waals surface area contributed by atoms with Gasteiger partial charge in [-0.05, 0) is 13.3 Å². The summed E-state index contributed by atoms with van der Waals surface area (Å²) in [6.07, 6.45) is 1.54. The molecule has 0 heterocycles. The Morgan fingerprint density at radius 2 is 1.81 bits per heavy atom. The Kier molecular flexibility index (Phi) is 9.18. The Balaban J connectivity index is 4.47. The number of hydrogen-bond acceptors (Lipinski definition) is 5. The number of aliphatic hydroxyl groups excluding tert-OH is 2. The summed E-state index contributed by atoms with van der Waals surface area (Å²) in [6.45, 7) is 4.81. The van der Waals surface area contributed by atoms with Crippen LogP contribution >= 0.6 is 0 Å². The number of rotatable bonds is 9. The molecule has 0 rings (SSSR count). The van der Waals surface area contributed by atoms with Crippen molar-refractivity contribution in [2.45, 2.75) is 32.7 Å². The summed E-state index contributed by atoms with van der Waals surface area (Å²) >= 11 is 0. The maximum Gasteiger partial charge on any atom is 0.323 e. The molecule has 2 N–H and O–H groups in total. The molecule has 0 radical (unpaired) electrons. The van der Waals surface area contributed by atoms with E-state index in [0.717, 1.165) is 6.42 Å². The molecule has 0 aromatic rings. The molecule has 0 bridgehead atoms. The molecule has 16 heavy (non-hydrogen) atoms. The summed E-state index contributed by atoms with van der Waals surface area (Å²) in [6, 6.07) is -0.357. The van der Waals surface area contributed by atoms with Crippen LogP contribution in [0.4, 0.5) is 0 Å². The van der Waals surface area contributed by atoms with Gasteiger partial charge in [0.1, 0.15) is 6.04 Å². The first-order chi connectivity index (χ1) is 7.71. The normalized spacial score (nSPS) is 12.8. The van der Waals surface area contributed by atoms with Crippen molar-refractivity contribution < 1.29 is 19.7 Å². The summed E-state index contributed by atoms with van der Waals surface area (Å²) in [5, 5.41) is 17.8. The first-order valence-electron chi connectivity index (χ1n) is 5.83. The molecule has 0 aliphatic carbocycles. The van der Waals surface area contributed by atoms with E-state index in [0.29, 0.717) is 26.1 Å². The van der Waals surface area contributed by atoms with Crippen molar-refractivity contribution in [2.24, 2.45) is 0 Å². The van der Waals surface area contributed by atoms with Gasteiger partial charge in [0.25, 0.3) is 0 Å². The average molecular weight is 233 g/mol. The van der Waals surface area contributed by atoms with Crippen molar-refractivity contribution in [1.82, 2.24) is 4.90 Å². The Morgan fingerprint density at radius 3 is 2.19 bits per heavy atom. The monoisotopic (exact) mass is 233 g/mol. The Morgan fingerprint density at radius 1 is 1.25 bits per heavy atom. The lowest BCUT2D eigenvalue weighted by Gasteiger charge is -2.28. The zero-order chi connectivity index (χ0) is 12.4. The first-order valence-corrected chi connectivity index (χ1v) is 5.83. The van der Waals surface area contributed by atoms with Gasteiger partial charge in [0.05, 0.1) is 19.8 Å². The Hall–Kier alpha value is -0.650. The minimum absolute atomic E-state index is 0.0282. The van der Waals surface area contributed by atoms with Crippen LogP contribution in [0.5, 0.6) is 0 Å². The van der Waals surface area contributed by atoms with Crippen molar-refractivity contribution in [3.63, 3.8) is 0 Å². The van der Waals surface area contributed by atoms with Crippen molar-refractivity contribution in [1.29, 1.82) is 0 Å². The van der Waals surface area contributed by atoms with E-state index in [1.807, 2.05) is 6.92 Å². The second-order valence-corrected chi connectivity index (χ2v) is 3.54. The van der Waals surface area contributed by atoms with Crippen molar-refractivity contribution in [3.8, 4) is 0 Å². The van der Waals surface area contributed by atoms with E-state index in [1.54, 1.807) is 11.8 Å².